The second kappa shape index (κ2) is 5.17. The first-order chi connectivity index (χ1) is 5.74. The molecule has 0 aliphatic rings. The number of hydrogen-bond donors (Lipinski definition) is 0. The molecule has 0 amide bonds. The Bertz CT molecular complexity index is 263. The third-order valence-electron chi connectivity index (χ3n) is 1.59. The fourth-order valence-electron chi connectivity index (χ4n) is 0.982. The second-order valence-electron chi connectivity index (χ2n) is 2.53. The summed E-state index contributed by atoms with van der Waals surface area (Å²) in [6.45, 7) is 0. The summed E-state index contributed by atoms with van der Waals surface area (Å²) in [6, 6.07) is 4.95. The van der Waals surface area contributed by atoms with Crippen molar-refractivity contribution in [2.75, 3.05) is 5.33 Å². The highest BCUT2D eigenvalue weighted by Gasteiger charge is 2.00. The van der Waals surface area contributed by atoms with Gasteiger partial charge in [0, 0.05) is 8.90 Å². The normalized spacial score (nSPS) is 10.2. The van der Waals surface area contributed by atoms with Crippen LogP contribution in [0.2, 0.25) is 0 Å². The average molecular weight is 343 g/mol. The van der Waals surface area contributed by atoms with E-state index in [2.05, 4.69) is 38.5 Å². The lowest BCUT2D eigenvalue weighted by atomic mass is 10.1. The van der Waals surface area contributed by atoms with Crippen molar-refractivity contribution in [3.63, 3.8) is 0 Å². The van der Waals surface area contributed by atoms with Crippen LogP contribution in [0.15, 0.2) is 18.2 Å². The van der Waals surface area contributed by atoms with Crippen molar-refractivity contribution in [1.29, 1.82) is 0 Å². The predicted molar refractivity (Wildman–Crippen MR) is 61.2 cm³/mol. The van der Waals surface area contributed by atoms with E-state index in [4.69, 9.17) is 0 Å². The minimum atomic E-state index is -0.151. The summed E-state index contributed by atoms with van der Waals surface area (Å²) < 4.78 is 13.7. The molecule has 0 aromatic heterocycles. The maximum atomic E-state index is 12.7. The quantitative estimate of drug-likeness (QED) is 0.579. The lowest BCUT2D eigenvalue weighted by molar-refractivity contribution is 0.625. The third kappa shape index (κ3) is 3.01. The lowest BCUT2D eigenvalue weighted by Gasteiger charge is -2.02. The predicted octanol–water partition coefficient (Wildman–Crippen LogP) is 3.76. The minimum absolute atomic E-state index is 0.151. The first-order valence-corrected chi connectivity index (χ1v) is 5.94. The van der Waals surface area contributed by atoms with Crippen molar-refractivity contribution in [3.05, 3.63) is 33.1 Å². The van der Waals surface area contributed by atoms with Crippen molar-refractivity contribution in [1.82, 2.24) is 0 Å². The highest BCUT2D eigenvalue weighted by Crippen LogP contribution is 2.15. The molecule has 0 unspecified atom stereocenters. The zero-order valence-corrected chi connectivity index (χ0v) is 10.2. The van der Waals surface area contributed by atoms with E-state index in [1.165, 1.54) is 11.6 Å². The molecule has 0 radical (unpaired) electrons. The molecule has 0 aliphatic carbocycles. The molecule has 0 heterocycles. The lowest BCUT2D eigenvalue weighted by Crippen LogP contribution is -1.91. The largest absolute Gasteiger partial charge is 0.207 e. The Hall–Kier alpha value is 0.360. The average Bonchev–Trinajstić information content (AvgIpc) is 2.03. The van der Waals surface area contributed by atoms with Crippen LogP contribution in [0.4, 0.5) is 4.39 Å². The van der Waals surface area contributed by atoms with Gasteiger partial charge in [0.05, 0.1) is 0 Å². The van der Waals surface area contributed by atoms with Gasteiger partial charge in [0.1, 0.15) is 5.82 Å². The number of aryl methyl sites for hydroxylation is 1. The molecule has 66 valence electrons. The van der Waals surface area contributed by atoms with Gasteiger partial charge in [-0.3, -0.25) is 0 Å². The maximum Gasteiger partial charge on any atom is 0.124 e. The highest BCUT2D eigenvalue weighted by molar-refractivity contribution is 14.1. The number of rotatable bonds is 3. The first-order valence-electron chi connectivity index (χ1n) is 3.74. The molecule has 0 saturated carbocycles. The van der Waals surface area contributed by atoms with Crippen LogP contribution < -0.4 is 0 Å². The zero-order chi connectivity index (χ0) is 8.97. The van der Waals surface area contributed by atoms with Crippen LogP contribution in [0.1, 0.15) is 12.0 Å². The van der Waals surface area contributed by atoms with E-state index in [9.17, 15) is 4.39 Å². The molecule has 0 spiro atoms. The topological polar surface area (TPSA) is 0 Å². The van der Waals surface area contributed by atoms with Gasteiger partial charge in [-0.1, -0.05) is 22.0 Å². The van der Waals surface area contributed by atoms with E-state index in [1.54, 1.807) is 6.07 Å². The van der Waals surface area contributed by atoms with Gasteiger partial charge in [0.25, 0.3) is 0 Å². The van der Waals surface area contributed by atoms with E-state index in [0.29, 0.717) is 0 Å². The molecule has 12 heavy (non-hydrogen) atoms. The summed E-state index contributed by atoms with van der Waals surface area (Å²) in [7, 11) is 0. The Morgan fingerprint density at radius 3 is 2.75 bits per heavy atom. The summed E-state index contributed by atoms with van der Waals surface area (Å²) in [5, 5.41) is 1.00. The molecule has 0 nitrogen and oxygen atoms in total. The van der Waals surface area contributed by atoms with Crippen LogP contribution in [0.5, 0.6) is 0 Å². The number of alkyl halides is 1. The van der Waals surface area contributed by atoms with Crippen LogP contribution >= 0.6 is 38.5 Å². The van der Waals surface area contributed by atoms with Crippen molar-refractivity contribution < 1.29 is 4.39 Å². The molecule has 0 atom stereocenters. The van der Waals surface area contributed by atoms with Crippen LogP contribution in [-0.4, -0.2) is 5.33 Å². The fraction of sp³-hybridized carbons (Fsp3) is 0.333. The van der Waals surface area contributed by atoms with Crippen molar-refractivity contribution in [3.8, 4) is 0 Å². The van der Waals surface area contributed by atoms with E-state index in [0.717, 1.165) is 21.7 Å². The van der Waals surface area contributed by atoms with Gasteiger partial charge in [-0.2, -0.15) is 0 Å². The number of benzene rings is 1. The monoisotopic (exact) mass is 342 g/mol. The van der Waals surface area contributed by atoms with E-state index in [-0.39, 0.29) is 5.82 Å². The minimum Gasteiger partial charge on any atom is -0.207 e. The summed E-state index contributed by atoms with van der Waals surface area (Å²) in [5.74, 6) is -0.151. The molecule has 1 aromatic carbocycles. The highest BCUT2D eigenvalue weighted by atomic mass is 127. The van der Waals surface area contributed by atoms with E-state index >= 15 is 0 Å². The van der Waals surface area contributed by atoms with Gasteiger partial charge in [0.15, 0.2) is 0 Å². The summed E-state index contributed by atoms with van der Waals surface area (Å²) in [5.41, 5.74) is 1.23. The molecule has 1 rings (SSSR count). The van der Waals surface area contributed by atoms with Crippen LogP contribution in [0.25, 0.3) is 0 Å². The first kappa shape index (κ1) is 10.4. The van der Waals surface area contributed by atoms with Gasteiger partial charge < -0.3 is 0 Å². The summed E-state index contributed by atoms with van der Waals surface area (Å²) in [6.07, 6.45) is 2.12. The van der Waals surface area contributed by atoms with Gasteiger partial charge >= 0.3 is 0 Å². The zero-order valence-electron chi connectivity index (χ0n) is 6.49. The van der Waals surface area contributed by atoms with Gasteiger partial charge in [-0.25, -0.2) is 4.39 Å². The number of halogens is 3. The van der Waals surface area contributed by atoms with Crippen molar-refractivity contribution in [2.45, 2.75) is 12.8 Å². The molecule has 0 saturated heterocycles. The van der Waals surface area contributed by atoms with Crippen LogP contribution in [-0.2, 0) is 6.42 Å². The number of hydrogen-bond acceptors (Lipinski definition) is 0. The van der Waals surface area contributed by atoms with Crippen LogP contribution in [0, 0.1) is 9.39 Å². The molecule has 3 heteroatoms. The summed E-state index contributed by atoms with van der Waals surface area (Å²) in [4.78, 5) is 0. The van der Waals surface area contributed by atoms with Gasteiger partial charge in [0.2, 0.25) is 0 Å². The molecular formula is C9H9BrFI. The Balaban J connectivity index is 2.72. The van der Waals surface area contributed by atoms with Crippen molar-refractivity contribution in [2.24, 2.45) is 0 Å². The smallest absolute Gasteiger partial charge is 0.124 e. The third-order valence-corrected chi connectivity index (χ3v) is 3.16. The van der Waals surface area contributed by atoms with E-state index < -0.39 is 0 Å². The van der Waals surface area contributed by atoms with E-state index in [1.807, 2.05) is 6.07 Å². The van der Waals surface area contributed by atoms with Gasteiger partial charge in [-0.05, 0) is 53.1 Å². The van der Waals surface area contributed by atoms with Crippen LogP contribution in [0.3, 0.4) is 0 Å². The Labute approximate surface area is 93.8 Å². The molecular weight excluding hydrogens is 334 g/mol. The Kier molecular flexibility index (Phi) is 4.50. The van der Waals surface area contributed by atoms with Crippen molar-refractivity contribution >= 4 is 38.5 Å². The molecule has 0 N–H and O–H groups in total. The molecule has 1 aromatic rings. The fourth-order valence-corrected chi connectivity index (χ4v) is 2.01. The second-order valence-corrected chi connectivity index (χ2v) is 4.48. The Morgan fingerprint density at radius 2 is 2.17 bits per heavy atom. The van der Waals surface area contributed by atoms with Gasteiger partial charge in [-0.15, -0.1) is 0 Å². The molecule has 0 fully saturated rings. The molecule has 0 aliphatic heterocycles. The summed E-state index contributed by atoms with van der Waals surface area (Å²) >= 11 is 5.54. The maximum absolute atomic E-state index is 12.7. The standard InChI is InChI=1S/C9H9BrFI/c10-5-1-2-7-3-4-8(11)6-9(7)12/h3-4,6H,1-2,5H2. The SMILES string of the molecule is Fc1ccc(CCCBr)c(I)c1. The Morgan fingerprint density at radius 1 is 1.42 bits per heavy atom. The molecule has 0 bridgehead atoms.